The van der Waals surface area contributed by atoms with Gasteiger partial charge >= 0.3 is 0 Å². The van der Waals surface area contributed by atoms with Gasteiger partial charge in [0.25, 0.3) is 0 Å². The summed E-state index contributed by atoms with van der Waals surface area (Å²) >= 11 is 11.7. The number of nitrogens with zero attached hydrogens (tertiary/aromatic N) is 1. The Morgan fingerprint density at radius 3 is 2.25 bits per heavy atom. The Bertz CT molecular complexity index is 178. The Morgan fingerprint density at radius 1 is 1.50 bits per heavy atom. The van der Waals surface area contributed by atoms with Crippen molar-refractivity contribution in [2.75, 3.05) is 0 Å². The predicted octanol–water partition coefficient (Wildman–Crippen LogP) is 2.59. The summed E-state index contributed by atoms with van der Waals surface area (Å²) < 4.78 is 1.26. The highest BCUT2D eigenvalue weighted by Crippen LogP contribution is 2.20. The van der Waals surface area contributed by atoms with Crippen molar-refractivity contribution in [3.05, 3.63) is 14.5 Å². The van der Waals surface area contributed by atoms with Crippen molar-refractivity contribution in [3.8, 4) is 0 Å². The number of hydrogen-bond acceptors (Lipinski definition) is 1. The highest BCUT2D eigenvalue weighted by Gasteiger charge is 1.99. The number of rotatable bonds is 0. The number of aromatic amines is 1. The standard InChI is InChI=1S/C3HBr2ClN2/c4-1-2(6)8-3(5)7-1/h(H,7,8). The molecule has 0 saturated carbocycles. The second-order valence-corrected chi connectivity index (χ2v) is 3.01. The highest BCUT2D eigenvalue weighted by molar-refractivity contribution is 9.11. The average Bonchev–Trinajstić information content (AvgIpc) is 1.85. The lowest BCUT2D eigenvalue weighted by Gasteiger charge is -1.73. The van der Waals surface area contributed by atoms with Crippen molar-refractivity contribution in [1.29, 1.82) is 0 Å². The summed E-state index contributed by atoms with van der Waals surface area (Å²) in [5, 5.41) is 0.511. The SMILES string of the molecule is Clc1[nH]c(Br)nc1Br. The second kappa shape index (κ2) is 2.37. The molecule has 1 aromatic heterocycles. The zero-order chi connectivity index (χ0) is 6.15. The Morgan fingerprint density at radius 2 is 2.12 bits per heavy atom. The van der Waals surface area contributed by atoms with Gasteiger partial charge in [0.15, 0.2) is 4.73 Å². The van der Waals surface area contributed by atoms with Crippen molar-refractivity contribution in [3.63, 3.8) is 0 Å². The molecule has 1 heterocycles. The minimum absolute atomic E-state index is 0.511. The minimum Gasteiger partial charge on any atom is -0.323 e. The van der Waals surface area contributed by atoms with Crippen LogP contribution in [0.4, 0.5) is 0 Å². The first-order chi connectivity index (χ1) is 3.70. The zero-order valence-electron chi connectivity index (χ0n) is 3.58. The first kappa shape index (κ1) is 6.58. The molecule has 0 saturated heterocycles. The van der Waals surface area contributed by atoms with Gasteiger partial charge in [-0.3, -0.25) is 0 Å². The van der Waals surface area contributed by atoms with Crippen LogP contribution in [-0.2, 0) is 0 Å². The molecule has 0 amide bonds. The molecule has 44 valence electrons. The zero-order valence-corrected chi connectivity index (χ0v) is 7.51. The minimum atomic E-state index is 0.511. The number of H-pyrrole nitrogens is 1. The van der Waals surface area contributed by atoms with Crippen LogP contribution in [0, 0.1) is 0 Å². The van der Waals surface area contributed by atoms with Crippen LogP contribution in [-0.4, -0.2) is 9.97 Å². The van der Waals surface area contributed by atoms with Crippen molar-refractivity contribution in [2.45, 2.75) is 0 Å². The first-order valence-electron chi connectivity index (χ1n) is 1.76. The molecule has 0 radical (unpaired) electrons. The molecule has 0 unspecified atom stereocenters. The summed E-state index contributed by atoms with van der Waals surface area (Å²) in [4.78, 5) is 6.59. The molecule has 0 spiro atoms. The fourth-order valence-electron chi connectivity index (χ4n) is 0.305. The summed E-state index contributed by atoms with van der Waals surface area (Å²) in [6.07, 6.45) is 0. The lowest BCUT2D eigenvalue weighted by atomic mass is 10.9. The van der Waals surface area contributed by atoms with Crippen LogP contribution in [0.15, 0.2) is 9.34 Å². The van der Waals surface area contributed by atoms with Gasteiger partial charge in [0, 0.05) is 0 Å². The molecule has 0 fully saturated rings. The Hall–Kier alpha value is 0.460. The van der Waals surface area contributed by atoms with Crippen molar-refractivity contribution >= 4 is 43.5 Å². The number of aromatic nitrogens is 2. The van der Waals surface area contributed by atoms with Gasteiger partial charge in [0.2, 0.25) is 0 Å². The van der Waals surface area contributed by atoms with E-state index in [1.807, 2.05) is 0 Å². The summed E-state index contributed by atoms with van der Waals surface area (Å²) in [7, 11) is 0. The van der Waals surface area contributed by atoms with E-state index in [4.69, 9.17) is 11.6 Å². The van der Waals surface area contributed by atoms with Crippen molar-refractivity contribution < 1.29 is 0 Å². The van der Waals surface area contributed by atoms with Gasteiger partial charge in [-0.25, -0.2) is 4.98 Å². The number of hydrogen-bond donors (Lipinski definition) is 1. The number of halogens is 3. The van der Waals surface area contributed by atoms with Crippen molar-refractivity contribution in [2.24, 2.45) is 0 Å². The van der Waals surface area contributed by atoms with Crippen LogP contribution in [0.2, 0.25) is 5.15 Å². The molecule has 0 aliphatic rings. The van der Waals surface area contributed by atoms with Gasteiger partial charge in [0.05, 0.1) is 0 Å². The van der Waals surface area contributed by atoms with E-state index < -0.39 is 0 Å². The van der Waals surface area contributed by atoms with Crippen molar-refractivity contribution in [1.82, 2.24) is 9.97 Å². The highest BCUT2D eigenvalue weighted by atomic mass is 79.9. The molecular formula is C3HBr2ClN2. The smallest absolute Gasteiger partial charge is 0.176 e. The molecule has 8 heavy (non-hydrogen) atoms. The first-order valence-corrected chi connectivity index (χ1v) is 3.73. The maximum absolute atomic E-state index is 5.53. The van der Waals surface area contributed by atoms with Crippen LogP contribution >= 0.6 is 43.5 Å². The number of nitrogens with one attached hydrogen (secondary N) is 1. The fourth-order valence-corrected chi connectivity index (χ4v) is 1.44. The van der Waals surface area contributed by atoms with Gasteiger partial charge in [-0.1, -0.05) is 11.6 Å². The third-order valence-corrected chi connectivity index (χ3v) is 2.04. The lowest BCUT2D eigenvalue weighted by molar-refractivity contribution is 1.23. The van der Waals surface area contributed by atoms with Crippen LogP contribution in [0.5, 0.6) is 0 Å². The predicted molar refractivity (Wildman–Crippen MR) is 39.0 cm³/mol. The Balaban J connectivity index is 3.14. The summed E-state index contributed by atoms with van der Waals surface area (Å²) in [5.74, 6) is 0. The maximum Gasteiger partial charge on any atom is 0.176 e. The van der Waals surface area contributed by atoms with Gasteiger partial charge in [-0.15, -0.1) is 0 Å². The molecule has 0 atom stereocenters. The Labute approximate surface area is 67.9 Å². The Kier molecular flexibility index (Phi) is 1.95. The van der Waals surface area contributed by atoms with Gasteiger partial charge in [-0.2, -0.15) is 0 Å². The van der Waals surface area contributed by atoms with Crippen LogP contribution in [0.3, 0.4) is 0 Å². The van der Waals surface area contributed by atoms with E-state index >= 15 is 0 Å². The topological polar surface area (TPSA) is 28.7 Å². The molecule has 0 aliphatic heterocycles. The van der Waals surface area contributed by atoms with E-state index in [0.29, 0.717) is 14.5 Å². The van der Waals surface area contributed by atoms with Gasteiger partial charge in [-0.05, 0) is 31.9 Å². The normalized spacial score (nSPS) is 9.88. The third-order valence-electron chi connectivity index (χ3n) is 0.590. The fraction of sp³-hybridized carbons (Fsp3) is 0. The molecule has 0 aliphatic carbocycles. The molecule has 0 aromatic carbocycles. The summed E-state index contributed by atoms with van der Waals surface area (Å²) in [6, 6.07) is 0. The molecular weight excluding hydrogens is 259 g/mol. The molecule has 0 bridgehead atoms. The van der Waals surface area contributed by atoms with Crippen LogP contribution < -0.4 is 0 Å². The molecule has 2 nitrogen and oxygen atoms in total. The van der Waals surface area contributed by atoms with Crippen LogP contribution in [0.25, 0.3) is 0 Å². The van der Waals surface area contributed by atoms with Crippen LogP contribution in [0.1, 0.15) is 0 Å². The van der Waals surface area contributed by atoms with E-state index in [-0.39, 0.29) is 0 Å². The second-order valence-electron chi connectivity index (χ2n) is 1.13. The van der Waals surface area contributed by atoms with E-state index in [1.54, 1.807) is 0 Å². The number of imidazole rings is 1. The lowest BCUT2D eigenvalue weighted by Crippen LogP contribution is -1.59. The quantitative estimate of drug-likeness (QED) is 0.763. The largest absolute Gasteiger partial charge is 0.323 e. The molecule has 1 aromatic rings. The summed E-state index contributed by atoms with van der Waals surface area (Å²) in [6.45, 7) is 0. The monoisotopic (exact) mass is 258 g/mol. The molecule has 1 rings (SSSR count). The van der Waals surface area contributed by atoms with E-state index in [9.17, 15) is 0 Å². The maximum atomic E-state index is 5.53. The third kappa shape index (κ3) is 1.24. The van der Waals surface area contributed by atoms with Gasteiger partial charge < -0.3 is 4.98 Å². The van der Waals surface area contributed by atoms with E-state index in [1.165, 1.54) is 0 Å². The molecule has 1 N–H and O–H groups in total. The van der Waals surface area contributed by atoms with E-state index in [0.717, 1.165) is 0 Å². The summed E-state index contributed by atoms with van der Waals surface area (Å²) in [5.41, 5.74) is 0. The average molecular weight is 260 g/mol. The van der Waals surface area contributed by atoms with E-state index in [2.05, 4.69) is 41.8 Å². The van der Waals surface area contributed by atoms with Gasteiger partial charge in [0.1, 0.15) is 9.76 Å². The molecule has 5 heteroatoms.